The molecular weight excluding hydrogens is 180 g/mol. The van der Waals surface area contributed by atoms with Crippen LogP contribution in [0, 0.1) is 0 Å². The average Bonchev–Trinajstić information content (AvgIpc) is 2.15. The van der Waals surface area contributed by atoms with Crippen molar-refractivity contribution in [1.29, 1.82) is 0 Å². The minimum atomic E-state index is -0.522. The fraction of sp³-hybridized carbons (Fsp3) is 0.333. The third-order valence-corrected chi connectivity index (χ3v) is 2.54. The van der Waals surface area contributed by atoms with Crippen LogP contribution in [0.3, 0.4) is 0 Å². The van der Waals surface area contributed by atoms with Crippen molar-refractivity contribution in [2.75, 3.05) is 5.32 Å². The molecule has 0 aromatic carbocycles. The summed E-state index contributed by atoms with van der Waals surface area (Å²) >= 11 is 0. The molecule has 0 saturated heterocycles. The van der Waals surface area contributed by atoms with Gasteiger partial charge < -0.3 is 5.32 Å². The number of hydrogen-bond acceptors (Lipinski definition) is 3. The molecule has 2 heterocycles. The first-order chi connectivity index (χ1) is 6.53. The van der Waals surface area contributed by atoms with E-state index in [1.165, 1.54) is 5.01 Å². The van der Waals surface area contributed by atoms with Gasteiger partial charge in [-0.2, -0.15) is 0 Å². The van der Waals surface area contributed by atoms with Crippen LogP contribution in [-0.4, -0.2) is 16.0 Å². The van der Waals surface area contributed by atoms with Crippen LogP contribution in [0.2, 0.25) is 0 Å². The molecular formula is C9H12N4O. The normalized spacial score (nSPS) is 18.8. The van der Waals surface area contributed by atoms with Gasteiger partial charge in [-0.25, -0.2) is 10.6 Å². The van der Waals surface area contributed by atoms with E-state index in [0.29, 0.717) is 0 Å². The van der Waals surface area contributed by atoms with Crippen molar-refractivity contribution >= 4 is 11.7 Å². The highest BCUT2D eigenvalue weighted by Gasteiger charge is 2.37. The van der Waals surface area contributed by atoms with E-state index in [2.05, 4.69) is 10.3 Å². The van der Waals surface area contributed by atoms with E-state index in [4.69, 9.17) is 5.84 Å². The summed E-state index contributed by atoms with van der Waals surface area (Å²) in [6.45, 7) is 3.76. The number of carbonyl (C=O) groups is 1. The van der Waals surface area contributed by atoms with Crippen molar-refractivity contribution in [1.82, 2.24) is 9.99 Å². The Labute approximate surface area is 81.9 Å². The van der Waals surface area contributed by atoms with Crippen LogP contribution in [0.15, 0.2) is 18.5 Å². The number of hydrazine groups is 1. The lowest BCUT2D eigenvalue weighted by Crippen LogP contribution is -2.55. The minimum absolute atomic E-state index is 0.297. The Kier molecular flexibility index (Phi) is 1.72. The Morgan fingerprint density at radius 1 is 1.57 bits per heavy atom. The molecule has 1 aromatic heterocycles. The van der Waals surface area contributed by atoms with E-state index in [-0.39, 0.29) is 6.03 Å². The third kappa shape index (κ3) is 1.06. The van der Waals surface area contributed by atoms with Crippen LogP contribution in [0.1, 0.15) is 19.4 Å². The van der Waals surface area contributed by atoms with Gasteiger partial charge in [0.05, 0.1) is 11.2 Å². The minimum Gasteiger partial charge on any atom is -0.306 e. The molecule has 1 aromatic rings. The summed E-state index contributed by atoms with van der Waals surface area (Å²) < 4.78 is 0. The number of anilines is 1. The zero-order chi connectivity index (χ0) is 10.3. The molecule has 0 bridgehead atoms. The number of aromatic nitrogens is 1. The highest BCUT2D eigenvalue weighted by atomic mass is 16.2. The Morgan fingerprint density at radius 2 is 2.29 bits per heavy atom. The summed E-state index contributed by atoms with van der Waals surface area (Å²) in [5.74, 6) is 5.66. The van der Waals surface area contributed by atoms with Gasteiger partial charge in [-0.15, -0.1) is 0 Å². The molecule has 2 amide bonds. The molecule has 14 heavy (non-hydrogen) atoms. The van der Waals surface area contributed by atoms with Crippen LogP contribution in [-0.2, 0) is 5.54 Å². The first-order valence-corrected chi connectivity index (χ1v) is 4.34. The second-order valence-electron chi connectivity index (χ2n) is 3.78. The van der Waals surface area contributed by atoms with E-state index < -0.39 is 5.54 Å². The summed E-state index contributed by atoms with van der Waals surface area (Å²) in [6, 6.07) is 1.47. The fourth-order valence-electron chi connectivity index (χ4n) is 1.55. The second kappa shape index (κ2) is 2.68. The summed E-state index contributed by atoms with van der Waals surface area (Å²) in [5, 5.41) is 3.86. The molecule has 74 valence electrons. The van der Waals surface area contributed by atoms with E-state index in [1.807, 2.05) is 13.8 Å². The van der Waals surface area contributed by atoms with Crippen LogP contribution < -0.4 is 11.2 Å². The van der Waals surface area contributed by atoms with Gasteiger partial charge in [0, 0.05) is 18.0 Å². The van der Waals surface area contributed by atoms with Crippen molar-refractivity contribution in [3.05, 3.63) is 24.0 Å². The van der Waals surface area contributed by atoms with Gasteiger partial charge in [-0.1, -0.05) is 0 Å². The van der Waals surface area contributed by atoms with Gasteiger partial charge >= 0.3 is 6.03 Å². The predicted molar refractivity (Wildman–Crippen MR) is 52.3 cm³/mol. The molecule has 0 spiro atoms. The lowest BCUT2D eigenvalue weighted by atomic mass is 9.92. The van der Waals surface area contributed by atoms with Crippen molar-refractivity contribution in [3.63, 3.8) is 0 Å². The summed E-state index contributed by atoms with van der Waals surface area (Å²) in [7, 11) is 0. The van der Waals surface area contributed by atoms with E-state index in [9.17, 15) is 4.79 Å². The molecule has 0 unspecified atom stereocenters. The molecule has 1 aliphatic rings. The average molecular weight is 192 g/mol. The number of nitrogens with zero attached hydrogens (tertiary/aromatic N) is 2. The van der Waals surface area contributed by atoms with Crippen molar-refractivity contribution in [3.8, 4) is 0 Å². The van der Waals surface area contributed by atoms with Gasteiger partial charge in [0.25, 0.3) is 0 Å². The number of fused-ring (bicyclic) bond motifs is 1. The topological polar surface area (TPSA) is 71.2 Å². The number of carbonyl (C=O) groups excluding carboxylic acids is 1. The Balaban J connectivity index is 2.59. The molecule has 5 heteroatoms. The fourth-order valence-corrected chi connectivity index (χ4v) is 1.55. The van der Waals surface area contributed by atoms with Gasteiger partial charge in [-0.05, 0) is 19.9 Å². The zero-order valence-electron chi connectivity index (χ0n) is 8.11. The maximum atomic E-state index is 11.4. The van der Waals surface area contributed by atoms with Crippen molar-refractivity contribution in [2.24, 2.45) is 5.84 Å². The quantitative estimate of drug-likeness (QED) is 0.476. The Hall–Kier alpha value is -1.62. The van der Waals surface area contributed by atoms with Crippen molar-refractivity contribution in [2.45, 2.75) is 19.4 Å². The Morgan fingerprint density at radius 3 is 3.00 bits per heavy atom. The highest BCUT2D eigenvalue weighted by molar-refractivity contribution is 5.93. The van der Waals surface area contributed by atoms with Crippen LogP contribution in [0.4, 0.5) is 10.5 Å². The Bertz CT molecular complexity index is 388. The summed E-state index contributed by atoms with van der Waals surface area (Å²) in [4.78, 5) is 15.5. The number of hydrogen-bond donors (Lipinski definition) is 2. The van der Waals surface area contributed by atoms with Crippen LogP contribution in [0.5, 0.6) is 0 Å². The van der Waals surface area contributed by atoms with Crippen molar-refractivity contribution < 1.29 is 4.79 Å². The standard InChI is InChI=1S/C9H12N4O/c1-9(2)6-5-11-4-3-7(6)12-8(14)13(9)10/h3-5H,10H2,1-2H3,(H,12,14). The third-order valence-electron chi connectivity index (χ3n) is 2.54. The van der Waals surface area contributed by atoms with Gasteiger partial charge in [0.1, 0.15) is 0 Å². The maximum absolute atomic E-state index is 11.4. The van der Waals surface area contributed by atoms with Gasteiger partial charge in [0.2, 0.25) is 0 Å². The molecule has 1 aliphatic heterocycles. The van der Waals surface area contributed by atoms with E-state index >= 15 is 0 Å². The van der Waals surface area contributed by atoms with E-state index in [0.717, 1.165) is 11.3 Å². The number of nitrogens with two attached hydrogens (primary N) is 1. The van der Waals surface area contributed by atoms with Crippen LogP contribution >= 0.6 is 0 Å². The monoisotopic (exact) mass is 192 g/mol. The molecule has 0 aliphatic carbocycles. The number of amides is 2. The predicted octanol–water partition coefficient (Wildman–Crippen LogP) is 1.04. The molecule has 0 radical (unpaired) electrons. The lowest BCUT2D eigenvalue weighted by molar-refractivity contribution is 0.142. The zero-order valence-corrected chi connectivity index (χ0v) is 8.11. The number of urea groups is 1. The van der Waals surface area contributed by atoms with Gasteiger partial charge in [-0.3, -0.25) is 9.99 Å². The first kappa shape index (κ1) is 8.96. The number of nitrogens with one attached hydrogen (secondary N) is 1. The summed E-state index contributed by atoms with van der Waals surface area (Å²) in [6.07, 6.45) is 3.36. The molecule has 2 rings (SSSR count). The maximum Gasteiger partial charge on any atom is 0.336 e. The highest BCUT2D eigenvalue weighted by Crippen LogP contribution is 2.34. The smallest absolute Gasteiger partial charge is 0.306 e. The molecule has 0 saturated carbocycles. The largest absolute Gasteiger partial charge is 0.336 e. The molecule has 5 nitrogen and oxygen atoms in total. The number of pyridine rings is 1. The number of rotatable bonds is 0. The van der Waals surface area contributed by atoms with E-state index in [1.54, 1.807) is 18.5 Å². The first-order valence-electron chi connectivity index (χ1n) is 4.34. The van der Waals surface area contributed by atoms with Gasteiger partial charge in [0.15, 0.2) is 0 Å². The second-order valence-corrected chi connectivity index (χ2v) is 3.78. The summed E-state index contributed by atoms with van der Waals surface area (Å²) in [5.41, 5.74) is 1.17. The molecule has 3 N–H and O–H groups in total. The SMILES string of the molecule is CC1(C)c2cnccc2NC(=O)N1N. The van der Waals surface area contributed by atoms with Crippen LogP contribution in [0.25, 0.3) is 0 Å². The molecule has 0 atom stereocenters. The molecule has 0 fully saturated rings. The lowest BCUT2D eigenvalue weighted by Gasteiger charge is -2.39.